The first-order chi connectivity index (χ1) is 19.2. The van der Waals surface area contributed by atoms with Crippen molar-refractivity contribution in [1.82, 2.24) is 9.88 Å². The third-order valence-electron chi connectivity index (χ3n) is 6.47. The van der Waals surface area contributed by atoms with Gasteiger partial charge in [-0.1, -0.05) is 0 Å². The predicted octanol–water partition coefficient (Wildman–Crippen LogP) is 6.84. The number of pyridine rings is 1. The molecule has 2 aromatic carbocycles. The van der Waals surface area contributed by atoms with Gasteiger partial charge in [-0.2, -0.15) is 0 Å². The van der Waals surface area contributed by atoms with E-state index in [9.17, 15) is 23.1 Å². The van der Waals surface area contributed by atoms with Gasteiger partial charge in [0.2, 0.25) is 0 Å². The summed E-state index contributed by atoms with van der Waals surface area (Å²) in [4.78, 5) is 17.9. The second-order valence-corrected chi connectivity index (χ2v) is 10.9. The van der Waals surface area contributed by atoms with Crippen LogP contribution < -0.4 is 15.8 Å². The molecule has 0 radical (unpaired) electrons. The van der Waals surface area contributed by atoms with Crippen molar-refractivity contribution in [2.75, 3.05) is 19.4 Å². The Morgan fingerprint density at radius 2 is 1.93 bits per heavy atom. The third-order valence-corrected chi connectivity index (χ3v) is 7.38. The molecule has 4 aromatic rings. The Bertz CT molecular complexity index is 1840. The molecule has 2 aromatic heterocycles. The molecule has 11 heteroatoms. The molecule has 0 amide bonds. The molecule has 0 aliphatic carbocycles. The Kier molecular flexibility index (Phi) is 10.0. The van der Waals surface area contributed by atoms with Gasteiger partial charge in [-0.3, -0.25) is 0 Å². The van der Waals surface area contributed by atoms with Crippen LogP contribution in [0.15, 0.2) is 46.9 Å². The first kappa shape index (κ1) is 33.0. The summed E-state index contributed by atoms with van der Waals surface area (Å²) < 4.78 is 48.7. The van der Waals surface area contributed by atoms with Crippen LogP contribution in [0.2, 0.25) is 5.02 Å². The monoisotopic (exact) mass is 635 g/mol. The zero-order valence-corrected chi connectivity index (χ0v) is 25.9. The van der Waals surface area contributed by atoms with Crippen LogP contribution in [0.4, 0.5) is 18.9 Å². The van der Waals surface area contributed by atoms with Gasteiger partial charge in [0.25, 0.3) is 0 Å². The molecular weight excluding hydrogens is 606 g/mol. The molecule has 1 unspecified atom stereocenters. The summed E-state index contributed by atoms with van der Waals surface area (Å²) in [6.07, 6.45) is -2.24. The van der Waals surface area contributed by atoms with E-state index >= 15 is 0 Å². The van der Waals surface area contributed by atoms with Crippen LogP contribution in [-0.2, 0) is 29.6 Å². The SMILES string of the molecule is C=c1c(Cl)cc(-c2c[c](=[V])c3cc(C(F)(F)F)cc(C(C)Nc4ccc(CC)nc4C(=O)O)c3o2)c/c1=C/N(C)C.[CH3-]. The van der Waals surface area contributed by atoms with Crippen molar-refractivity contribution < 1.29 is 44.5 Å². The van der Waals surface area contributed by atoms with Gasteiger partial charge in [0.15, 0.2) is 0 Å². The van der Waals surface area contributed by atoms with E-state index in [1.54, 1.807) is 31.2 Å². The number of nitrogens with zero attached hydrogens (tertiary/aromatic N) is 2. The Balaban J connectivity index is 0.00000484. The number of fused-ring (bicyclic) bond motifs is 1. The minimum absolute atomic E-state index is 0. The van der Waals surface area contributed by atoms with E-state index in [1.165, 1.54) is 0 Å². The number of carboxylic acids is 1. The molecule has 0 saturated carbocycles. The molecule has 6 nitrogen and oxygen atoms in total. The van der Waals surface area contributed by atoms with Crippen molar-refractivity contribution in [2.45, 2.75) is 32.5 Å². The summed E-state index contributed by atoms with van der Waals surface area (Å²) >= 11 is 8.77. The maximum atomic E-state index is 14.0. The number of alkyl halides is 3. The van der Waals surface area contributed by atoms with E-state index < -0.39 is 23.8 Å². The van der Waals surface area contributed by atoms with Gasteiger partial charge in [0.05, 0.1) is 0 Å². The van der Waals surface area contributed by atoms with Gasteiger partial charge in [0.1, 0.15) is 0 Å². The Morgan fingerprint density at radius 3 is 2.52 bits per heavy atom. The summed E-state index contributed by atoms with van der Waals surface area (Å²) in [5, 5.41) is 14.8. The van der Waals surface area contributed by atoms with Crippen LogP contribution in [0.25, 0.3) is 35.1 Å². The predicted molar refractivity (Wildman–Crippen MR) is 157 cm³/mol. The van der Waals surface area contributed by atoms with Gasteiger partial charge >= 0.3 is 249 Å². The maximum Gasteiger partial charge on any atom is -0.358 e. The van der Waals surface area contributed by atoms with E-state index in [0.717, 1.165) is 17.4 Å². The number of aromatic carboxylic acids is 1. The number of aryl methyl sites for hydroxylation is 1. The van der Waals surface area contributed by atoms with Crippen molar-refractivity contribution in [1.29, 1.82) is 0 Å². The second-order valence-electron chi connectivity index (χ2n) is 9.78. The van der Waals surface area contributed by atoms with Crippen molar-refractivity contribution in [2.24, 2.45) is 0 Å². The average molecular weight is 636 g/mol. The van der Waals surface area contributed by atoms with Gasteiger partial charge in [0, 0.05) is 0 Å². The minimum atomic E-state index is -4.62. The summed E-state index contributed by atoms with van der Waals surface area (Å²) in [7, 11) is 3.73. The number of aromatic nitrogens is 1. The van der Waals surface area contributed by atoms with Crippen molar-refractivity contribution >= 4 is 47.0 Å². The molecule has 0 saturated heterocycles. The van der Waals surface area contributed by atoms with E-state index in [1.807, 2.05) is 38.2 Å². The first-order valence-electron chi connectivity index (χ1n) is 12.6. The molecule has 0 aliphatic rings. The zero-order chi connectivity index (χ0) is 30.2. The van der Waals surface area contributed by atoms with Gasteiger partial charge in [-0.15, -0.1) is 0 Å². The largest absolute Gasteiger partial charge is 0.358 e. The van der Waals surface area contributed by atoms with Crippen molar-refractivity contribution in [3.63, 3.8) is 0 Å². The van der Waals surface area contributed by atoms with Crippen LogP contribution in [0.5, 0.6) is 0 Å². The summed E-state index contributed by atoms with van der Waals surface area (Å²) in [5.74, 6) is -0.864. The molecule has 221 valence electrons. The van der Waals surface area contributed by atoms with Crippen molar-refractivity contribution in [3.05, 3.63) is 91.7 Å². The van der Waals surface area contributed by atoms with Crippen LogP contribution in [0, 0.1) is 11.3 Å². The van der Waals surface area contributed by atoms with E-state index in [-0.39, 0.29) is 35.3 Å². The summed E-state index contributed by atoms with van der Waals surface area (Å²) in [6.45, 7) is 7.51. The van der Waals surface area contributed by atoms with Gasteiger partial charge in [-0.05, 0) is 0 Å². The molecule has 0 bridgehead atoms. The molecule has 0 aliphatic heterocycles. The smallest absolute Gasteiger partial charge is 0.358 e. The number of halogens is 4. The average Bonchev–Trinajstić information content (AvgIpc) is 2.89. The van der Waals surface area contributed by atoms with Crippen molar-refractivity contribution in [3.8, 4) is 11.3 Å². The van der Waals surface area contributed by atoms with E-state index in [2.05, 4.69) is 33.9 Å². The number of carboxylic acid groups (broad SMARTS) is 1. The summed E-state index contributed by atoms with van der Waals surface area (Å²) in [5.41, 5.74) is 0.714. The number of anilines is 1. The molecular formula is C31H30ClF3N3O3V-. The molecule has 2 N–H and O–H groups in total. The maximum absolute atomic E-state index is 14.0. The number of hydrogen-bond donors (Lipinski definition) is 2. The molecule has 2 heterocycles. The Morgan fingerprint density at radius 1 is 1.24 bits per heavy atom. The Labute approximate surface area is 255 Å². The van der Waals surface area contributed by atoms with E-state index in [4.69, 9.17) is 16.0 Å². The molecule has 0 fully saturated rings. The number of rotatable bonds is 7. The van der Waals surface area contributed by atoms with Crippen LogP contribution >= 0.6 is 11.6 Å². The second kappa shape index (κ2) is 12.8. The quantitative estimate of drug-likeness (QED) is 0.217. The number of carbonyl (C=O) groups is 1. The molecule has 42 heavy (non-hydrogen) atoms. The standard InChI is InChI=1S/C30H27ClF3N3O3.CH3.V/c1-6-22-8-9-25(27(36-22)29(38)39)35-17(3)23-14-21(30(32,33)34)12-18-7-10-26(40-28(18)23)19-11-20(15-37(4)5)16(2)24(31)13-19;;/h8-15,17,35H,2,6H2,1,3-5H3,(H,38,39);1H3;/q;-1;/b20-15-;;. The summed E-state index contributed by atoms with van der Waals surface area (Å²) in [6, 6.07) is 9.70. The fourth-order valence-corrected chi connectivity index (χ4v) is 5.07. The third kappa shape index (κ3) is 6.91. The number of hydrogen-bond acceptors (Lipinski definition) is 5. The van der Waals surface area contributed by atoms with E-state index in [0.29, 0.717) is 37.6 Å². The topological polar surface area (TPSA) is 78.6 Å². The minimum Gasteiger partial charge on any atom is -0.358 e. The van der Waals surface area contributed by atoms with Crippen LogP contribution in [0.1, 0.15) is 47.2 Å². The zero-order valence-electron chi connectivity index (χ0n) is 23.7. The van der Waals surface area contributed by atoms with Crippen LogP contribution in [0.3, 0.4) is 0 Å². The fraction of sp³-hybridized carbons (Fsp3) is 0.226. The molecule has 4 rings (SSSR count). The Hall–Kier alpha value is -3.53. The fourth-order valence-electron chi connectivity index (χ4n) is 4.40. The molecule has 1 atom stereocenters. The molecule has 0 spiro atoms. The number of nitrogens with one attached hydrogen (secondary N) is 1. The normalized spacial score (nSPS) is 12.6. The van der Waals surface area contributed by atoms with Gasteiger partial charge < -0.3 is 7.43 Å². The number of benzene rings is 2. The first-order valence-corrected chi connectivity index (χ1v) is 13.6. The van der Waals surface area contributed by atoms with Gasteiger partial charge in [-0.25, -0.2) is 0 Å². The van der Waals surface area contributed by atoms with Crippen LogP contribution in [-0.4, -0.2) is 35.1 Å².